The smallest absolute Gasteiger partial charge is 0.387 e. The molecule has 15 heavy (non-hydrogen) atoms. The van der Waals surface area contributed by atoms with E-state index in [1.165, 1.54) is 4.80 Å². The van der Waals surface area contributed by atoms with Gasteiger partial charge in [0.05, 0.1) is 10.1 Å². The fourth-order valence-corrected chi connectivity index (χ4v) is 1.29. The van der Waals surface area contributed by atoms with Gasteiger partial charge in [-0.15, -0.1) is 0 Å². The van der Waals surface area contributed by atoms with Gasteiger partial charge >= 0.3 is 6.01 Å². The van der Waals surface area contributed by atoms with E-state index >= 15 is 0 Å². The van der Waals surface area contributed by atoms with Crippen molar-refractivity contribution in [3.63, 3.8) is 0 Å². The first kappa shape index (κ1) is 11.7. The van der Waals surface area contributed by atoms with Crippen molar-refractivity contribution in [2.24, 2.45) is 0 Å². The molecular weight excluding hydrogens is 239 g/mol. The SMILES string of the molecule is Cc1c(Cl)cccc1-[n+]1noc(N)n1.[Cl-]. The Hall–Kier alpha value is -1.33. The maximum atomic E-state index is 5.94. The molecule has 80 valence electrons. The molecule has 1 heterocycles. The van der Waals surface area contributed by atoms with Gasteiger partial charge in [-0.3, -0.25) is 4.52 Å². The maximum Gasteiger partial charge on any atom is 0.387 e. The van der Waals surface area contributed by atoms with Crippen LogP contribution in [0, 0.1) is 6.92 Å². The topological polar surface area (TPSA) is 68.8 Å². The summed E-state index contributed by atoms with van der Waals surface area (Å²) in [5, 5.41) is 8.13. The Morgan fingerprint density at radius 2 is 2.20 bits per heavy atom. The number of anilines is 1. The van der Waals surface area contributed by atoms with Gasteiger partial charge in [0.15, 0.2) is 0 Å². The highest BCUT2D eigenvalue weighted by Crippen LogP contribution is 2.17. The van der Waals surface area contributed by atoms with Crippen LogP contribution < -0.4 is 22.9 Å². The normalized spacial score (nSPS) is 9.73. The first-order valence-corrected chi connectivity index (χ1v) is 4.33. The predicted octanol–water partition coefficient (Wildman–Crippen LogP) is -2.11. The monoisotopic (exact) mass is 246 g/mol. The summed E-state index contributed by atoms with van der Waals surface area (Å²) in [4.78, 5) is 1.30. The van der Waals surface area contributed by atoms with Crippen LogP contribution in [0.25, 0.3) is 5.69 Å². The van der Waals surface area contributed by atoms with Crippen LogP contribution in [-0.4, -0.2) is 10.4 Å². The average Bonchev–Trinajstić information content (AvgIpc) is 2.57. The molecule has 7 heteroatoms. The molecular formula is C8H8Cl2N4O. The van der Waals surface area contributed by atoms with Crippen LogP contribution in [0.5, 0.6) is 0 Å². The number of rotatable bonds is 1. The third-order valence-corrected chi connectivity index (χ3v) is 2.27. The number of hydrogen-bond acceptors (Lipinski definition) is 4. The molecule has 1 aromatic heterocycles. The zero-order valence-corrected chi connectivity index (χ0v) is 9.33. The molecule has 0 amide bonds. The van der Waals surface area contributed by atoms with E-state index in [1.807, 2.05) is 19.1 Å². The number of nitrogens with two attached hydrogens (primary N) is 1. The lowest BCUT2D eigenvalue weighted by Crippen LogP contribution is -3.00. The molecule has 0 saturated heterocycles. The van der Waals surface area contributed by atoms with E-state index in [-0.39, 0.29) is 18.4 Å². The highest BCUT2D eigenvalue weighted by Gasteiger charge is 2.19. The van der Waals surface area contributed by atoms with Crippen LogP contribution in [0.3, 0.4) is 0 Å². The van der Waals surface area contributed by atoms with Crippen molar-refractivity contribution in [2.45, 2.75) is 6.92 Å². The lowest BCUT2D eigenvalue weighted by atomic mass is 10.2. The molecule has 0 bridgehead atoms. The molecule has 2 aromatic rings. The van der Waals surface area contributed by atoms with Crippen molar-refractivity contribution in [3.05, 3.63) is 28.8 Å². The largest absolute Gasteiger partial charge is 1.00 e. The Balaban J connectivity index is 0.00000112. The molecule has 0 aliphatic heterocycles. The molecule has 0 aliphatic carbocycles. The minimum Gasteiger partial charge on any atom is -1.00 e. The van der Waals surface area contributed by atoms with E-state index in [0.717, 1.165) is 11.3 Å². The van der Waals surface area contributed by atoms with Crippen LogP contribution >= 0.6 is 11.6 Å². The van der Waals surface area contributed by atoms with Crippen LogP contribution in [0.1, 0.15) is 5.56 Å². The van der Waals surface area contributed by atoms with Gasteiger partial charge in [-0.25, -0.2) is 0 Å². The van der Waals surface area contributed by atoms with Crippen LogP contribution in [0.15, 0.2) is 22.7 Å². The Bertz CT molecular complexity index is 471. The van der Waals surface area contributed by atoms with E-state index < -0.39 is 0 Å². The van der Waals surface area contributed by atoms with E-state index in [9.17, 15) is 0 Å². The number of hydrogen-bond donors (Lipinski definition) is 1. The summed E-state index contributed by atoms with van der Waals surface area (Å²) in [7, 11) is 0. The standard InChI is InChI=1S/C8H8ClN4O.ClH/c1-5-6(9)3-2-4-7(5)13-11-8(10)14-12-13;/h2-4H,1H3,(H2,10,11,12);1H/q+1;/p-1. The van der Waals surface area contributed by atoms with Gasteiger partial charge in [0, 0.05) is 11.6 Å². The summed E-state index contributed by atoms with van der Waals surface area (Å²) >= 11 is 5.94. The molecule has 0 spiro atoms. The fraction of sp³-hybridized carbons (Fsp3) is 0.125. The van der Waals surface area contributed by atoms with Gasteiger partial charge in [0.1, 0.15) is 4.80 Å². The predicted molar refractivity (Wildman–Crippen MR) is 50.0 cm³/mol. The molecule has 0 saturated carbocycles. The molecule has 0 aliphatic rings. The van der Waals surface area contributed by atoms with Gasteiger partial charge in [-0.2, -0.15) is 0 Å². The second kappa shape index (κ2) is 4.46. The molecule has 0 atom stereocenters. The Morgan fingerprint density at radius 1 is 1.47 bits per heavy atom. The van der Waals surface area contributed by atoms with Crippen LogP contribution in [-0.2, 0) is 0 Å². The number of aromatic nitrogens is 3. The summed E-state index contributed by atoms with van der Waals surface area (Å²) in [6.07, 6.45) is 0. The summed E-state index contributed by atoms with van der Waals surface area (Å²) in [5.74, 6) is 0. The van der Waals surface area contributed by atoms with Crippen LogP contribution in [0.4, 0.5) is 6.01 Å². The number of halogens is 2. The van der Waals surface area contributed by atoms with Crippen molar-refractivity contribution in [2.75, 3.05) is 5.73 Å². The molecule has 2 N–H and O–H groups in total. The van der Waals surface area contributed by atoms with Gasteiger partial charge in [-0.05, 0) is 13.0 Å². The highest BCUT2D eigenvalue weighted by molar-refractivity contribution is 6.31. The van der Waals surface area contributed by atoms with Crippen molar-refractivity contribution in [1.29, 1.82) is 0 Å². The van der Waals surface area contributed by atoms with Gasteiger partial charge in [0.2, 0.25) is 5.27 Å². The van der Waals surface area contributed by atoms with Crippen molar-refractivity contribution < 1.29 is 21.7 Å². The summed E-state index contributed by atoms with van der Waals surface area (Å²) < 4.78 is 4.65. The van der Waals surface area contributed by atoms with E-state index in [4.69, 9.17) is 17.3 Å². The Labute approximate surface area is 97.2 Å². The van der Waals surface area contributed by atoms with E-state index in [2.05, 4.69) is 14.9 Å². The lowest BCUT2D eigenvalue weighted by Gasteiger charge is -1.94. The minimum atomic E-state index is 0. The van der Waals surface area contributed by atoms with Gasteiger partial charge in [-0.1, -0.05) is 17.7 Å². The van der Waals surface area contributed by atoms with Crippen molar-refractivity contribution in [1.82, 2.24) is 10.4 Å². The van der Waals surface area contributed by atoms with Crippen molar-refractivity contribution >= 4 is 17.6 Å². The zero-order chi connectivity index (χ0) is 10.1. The zero-order valence-electron chi connectivity index (χ0n) is 7.82. The number of benzene rings is 1. The number of nitrogens with zero attached hydrogens (tertiary/aromatic N) is 3. The second-order valence-corrected chi connectivity index (χ2v) is 3.19. The van der Waals surface area contributed by atoms with Gasteiger partial charge < -0.3 is 18.1 Å². The molecule has 0 unspecified atom stereocenters. The van der Waals surface area contributed by atoms with Crippen LogP contribution in [0.2, 0.25) is 5.02 Å². The first-order chi connectivity index (χ1) is 6.68. The number of nitrogen functional groups attached to an aromatic ring is 1. The molecule has 2 rings (SSSR count). The molecule has 5 nitrogen and oxygen atoms in total. The van der Waals surface area contributed by atoms with Gasteiger partial charge in [0.25, 0.3) is 5.69 Å². The third-order valence-electron chi connectivity index (χ3n) is 1.86. The second-order valence-electron chi connectivity index (χ2n) is 2.78. The maximum absolute atomic E-state index is 5.94. The Morgan fingerprint density at radius 3 is 2.80 bits per heavy atom. The third kappa shape index (κ3) is 2.19. The molecule has 1 aromatic carbocycles. The molecule has 0 radical (unpaired) electrons. The minimum absolute atomic E-state index is 0. The molecule has 0 fully saturated rings. The quantitative estimate of drug-likeness (QED) is 0.586. The lowest BCUT2D eigenvalue weighted by molar-refractivity contribution is -0.725. The summed E-state index contributed by atoms with van der Waals surface area (Å²) in [5.41, 5.74) is 6.93. The highest BCUT2D eigenvalue weighted by atomic mass is 35.5. The average molecular weight is 247 g/mol. The van der Waals surface area contributed by atoms with E-state index in [1.54, 1.807) is 6.07 Å². The Kier molecular flexibility index (Phi) is 3.49. The van der Waals surface area contributed by atoms with E-state index in [0.29, 0.717) is 5.02 Å². The summed E-state index contributed by atoms with van der Waals surface area (Å²) in [6, 6.07) is 5.45. The first-order valence-electron chi connectivity index (χ1n) is 3.96. The van der Waals surface area contributed by atoms with Crippen molar-refractivity contribution in [3.8, 4) is 5.69 Å². The summed E-state index contributed by atoms with van der Waals surface area (Å²) in [6.45, 7) is 1.87. The fourth-order valence-electron chi connectivity index (χ4n) is 1.12.